The van der Waals surface area contributed by atoms with Gasteiger partial charge in [0.05, 0.1) is 12.7 Å². The summed E-state index contributed by atoms with van der Waals surface area (Å²) in [4.78, 5) is 19.5. The number of oxazole rings is 1. The van der Waals surface area contributed by atoms with Crippen molar-refractivity contribution in [1.82, 2.24) is 24.6 Å². The van der Waals surface area contributed by atoms with Gasteiger partial charge in [-0.25, -0.2) is 24.3 Å². The molecule has 0 fully saturated rings. The third-order valence-electron chi connectivity index (χ3n) is 2.68. The lowest BCUT2D eigenvalue weighted by Crippen LogP contribution is -2.10. The molecule has 2 N–H and O–H groups in total. The molecule has 0 aliphatic heterocycles. The van der Waals surface area contributed by atoms with E-state index in [2.05, 4.69) is 25.5 Å². The minimum absolute atomic E-state index is 0.311. The first-order chi connectivity index (χ1) is 9.26. The fourth-order valence-corrected chi connectivity index (χ4v) is 1.67. The number of H-pyrrole nitrogens is 1. The zero-order valence-corrected chi connectivity index (χ0v) is 10.3. The van der Waals surface area contributed by atoms with Crippen LogP contribution < -0.4 is 11.0 Å². The van der Waals surface area contributed by atoms with E-state index < -0.39 is 0 Å². The van der Waals surface area contributed by atoms with E-state index in [9.17, 15) is 4.79 Å². The highest BCUT2D eigenvalue weighted by Gasteiger charge is 2.05. The molecule has 0 aliphatic carbocycles. The molecule has 0 radical (unpaired) electrons. The van der Waals surface area contributed by atoms with Gasteiger partial charge in [0.1, 0.15) is 17.9 Å². The van der Waals surface area contributed by atoms with Gasteiger partial charge in [-0.2, -0.15) is 5.10 Å². The van der Waals surface area contributed by atoms with Crippen molar-refractivity contribution >= 4 is 11.5 Å². The average Bonchev–Trinajstić information content (AvgIpc) is 3.03. The molecular formula is C11H12N6O2. The number of aromatic amines is 1. The highest BCUT2D eigenvalue weighted by molar-refractivity contribution is 5.48. The van der Waals surface area contributed by atoms with Crippen LogP contribution in [0.4, 0.5) is 5.82 Å². The van der Waals surface area contributed by atoms with Gasteiger partial charge in [0.25, 0.3) is 0 Å². The molecule has 0 spiro atoms. The molecule has 0 unspecified atom stereocenters. The van der Waals surface area contributed by atoms with Gasteiger partial charge >= 0.3 is 5.69 Å². The Kier molecular flexibility index (Phi) is 2.75. The lowest BCUT2D eigenvalue weighted by Gasteiger charge is -2.02. The highest BCUT2D eigenvalue weighted by Crippen LogP contribution is 2.08. The number of nitrogens with zero attached hydrogens (tertiary/aromatic N) is 4. The smallest absolute Gasteiger partial charge is 0.348 e. The molecule has 0 aliphatic rings. The van der Waals surface area contributed by atoms with E-state index in [1.165, 1.54) is 10.7 Å². The molecule has 0 bridgehead atoms. The van der Waals surface area contributed by atoms with Crippen LogP contribution in [0.1, 0.15) is 18.6 Å². The fraction of sp³-hybridized carbons (Fsp3) is 0.273. The summed E-state index contributed by atoms with van der Waals surface area (Å²) in [7, 11) is 0. The summed E-state index contributed by atoms with van der Waals surface area (Å²) in [6.07, 6.45) is 3.94. The van der Waals surface area contributed by atoms with Crippen LogP contribution in [0.5, 0.6) is 0 Å². The van der Waals surface area contributed by atoms with E-state index in [1.807, 2.05) is 6.92 Å². The molecule has 19 heavy (non-hydrogen) atoms. The Morgan fingerprint density at radius 2 is 2.37 bits per heavy atom. The summed E-state index contributed by atoms with van der Waals surface area (Å²) in [6, 6.07) is 1.67. The first-order valence-electron chi connectivity index (χ1n) is 5.86. The second kappa shape index (κ2) is 4.56. The summed E-state index contributed by atoms with van der Waals surface area (Å²) in [6.45, 7) is 2.43. The number of fused-ring (bicyclic) bond motifs is 1. The third-order valence-corrected chi connectivity index (χ3v) is 2.68. The van der Waals surface area contributed by atoms with Crippen molar-refractivity contribution in [3.05, 3.63) is 40.7 Å². The zero-order valence-electron chi connectivity index (χ0n) is 10.3. The monoisotopic (exact) mass is 260 g/mol. The molecule has 8 nitrogen and oxygen atoms in total. The Morgan fingerprint density at radius 1 is 1.47 bits per heavy atom. The molecule has 8 heteroatoms. The largest absolute Gasteiger partial charge is 0.444 e. The molecule has 0 saturated heterocycles. The predicted octanol–water partition coefficient (Wildman–Crippen LogP) is 0.580. The third kappa shape index (κ3) is 2.19. The maximum absolute atomic E-state index is 11.3. The van der Waals surface area contributed by atoms with Gasteiger partial charge in [-0.1, -0.05) is 6.92 Å². The number of anilines is 1. The molecule has 0 aromatic carbocycles. The van der Waals surface area contributed by atoms with E-state index in [0.717, 1.165) is 12.2 Å². The molecule has 3 aromatic heterocycles. The van der Waals surface area contributed by atoms with E-state index in [1.54, 1.807) is 12.3 Å². The van der Waals surface area contributed by atoms with Crippen molar-refractivity contribution in [1.29, 1.82) is 0 Å². The van der Waals surface area contributed by atoms with E-state index in [4.69, 9.17) is 4.42 Å². The lowest BCUT2D eigenvalue weighted by atomic mass is 10.4. The van der Waals surface area contributed by atoms with Gasteiger partial charge in [0, 0.05) is 12.5 Å². The molecule has 3 heterocycles. The van der Waals surface area contributed by atoms with Crippen LogP contribution in [0, 0.1) is 0 Å². The SMILES string of the molecule is CCc1cnc(CNc2cc3n[nH]c(=O)n3cn2)o1. The zero-order chi connectivity index (χ0) is 13.2. The second-order valence-electron chi connectivity index (χ2n) is 3.96. The average molecular weight is 260 g/mol. The van der Waals surface area contributed by atoms with Gasteiger partial charge in [0.15, 0.2) is 5.65 Å². The number of hydrogen-bond donors (Lipinski definition) is 2. The van der Waals surface area contributed by atoms with Crippen LogP contribution in [-0.4, -0.2) is 24.6 Å². The molecular weight excluding hydrogens is 248 g/mol. The summed E-state index contributed by atoms with van der Waals surface area (Å²) in [5.74, 6) is 2.04. The van der Waals surface area contributed by atoms with Crippen molar-refractivity contribution in [3.8, 4) is 0 Å². The minimum Gasteiger partial charge on any atom is -0.444 e. The minimum atomic E-state index is -0.311. The van der Waals surface area contributed by atoms with Crippen LogP contribution >= 0.6 is 0 Å². The lowest BCUT2D eigenvalue weighted by molar-refractivity contribution is 0.465. The molecule has 0 saturated carbocycles. The van der Waals surface area contributed by atoms with Crippen molar-refractivity contribution in [2.24, 2.45) is 0 Å². The van der Waals surface area contributed by atoms with Crippen molar-refractivity contribution in [3.63, 3.8) is 0 Å². The van der Waals surface area contributed by atoms with Crippen molar-refractivity contribution < 1.29 is 4.42 Å². The predicted molar refractivity (Wildman–Crippen MR) is 66.8 cm³/mol. The summed E-state index contributed by atoms with van der Waals surface area (Å²) in [5, 5.41) is 9.27. The van der Waals surface area contributed by atoms with Crippen molar-refractivity contribution in [2.75, 3.05) is 5.32 Å². The first-order valence-corrected chi connectivity index (χ1v) is 5.86. The van der Waals surface area contributed by atoms with Gasteiger partial charge in [-0.05, 0) is 0 Å². The normalized spacial score (nSPS) is 11.0. The number of rotatable bonds is 4. The van der Waals surface area contributed by atoms with Gasteiger partial charge in [-0.3, -0.25) is 0 Å². The Balaban J connectivity index is 1.76. The first kappa shape index (κ1) is 11.5. The summed E-state index contributed by atoms with van der Waals surface area (Å²) in [5.41, 5.74) is 0.193. The number of aryl methyl sites for hydroxylation is 1. The van der Waals surface area contributed by atoms with Crippen molar-refractivity contribution in [2.45, 2.75) is 19.9 Å². The van der Waals surface area contributed by atoms with Gasteiger partial charge in [-0.15, -0.1) is 0 Å². The quantitative estimate of drug-likeness (QED) is 0.711. The number of nitrogens with one attached hydrogen (secondary N) is 2. The van der Waals surface area contributed by atoms with Crippen LogP contribution in [0.25, 0.3) is 5.65 Å². The summed E-state index contributed by atoms with van der Waals surface area (Å²) >= 11 is 0. The van der Waals surface area contributed by atoms with Crippen LogP contribution in [0.3, 0.4) is 0 Å². The maximum Gasteiger partial charge on any atom is 0.348 e. The van der Waals surface area contributed by atoms with Crippen LogP contribution in [-0.2, 0) is 13.0 Å². The molecule has 3 aromatic rings. The Bertz CT molecular complexity index is 756. The molecule has 0 atom stereocenters. The maximum atomic E-state index is 11.3. The Labute approximate surface area is 107 Å². The highest BCUT2D eigenvalue weighted by atomic mass is 16.4. The Hall–Kier alpha value is -2.64. The van der Waals surface area contributed by atoms with Crippen LogP contribution in [0.15, 0.2) is 27.8 Å². The van der Waals surface area contributed by atoms with Gasteiger partial charge in [0.2, 0.25) is 5.89 Å². The molecule has 98 valence electrons. The van der Waals surface area contributed by atoms with E-state index >= 15 is 0 Å². The van der Waals surface area contributed by atoms with Crippen LogP contribution in [0.2, 0.25) is 0 Å². The molecule has 3 rings (SSSR count). The standard InChI is InChI=1S/C11H12N6O2/c1-2-7-4-13-10(19-7)5-12-8-3-9-15-16-11(18)17(9)6-14-8/h3-4,6,12H,2,5H2,1H3,(H,16,18). The Morgan fingerprint density at radius 3 is 3.16 bits per heavy atom. The summed E-state index contributed by atoms with van der Waals surface area (Å²) < 4.78 is 6.79. The molecule has 0 amide bonds. The second-order valence-corrected chi connectivity index (χ2v) is 3.96. The van der Waals surface area contributed by atoms with E-state index in [-0.39, 0.29) is 5.69 Å². The topological polar surface area (TPSA) is 101 Å². The van der Waals surface area contributed by atoms with Gasteiger partial charge < -0.3 is 9.73 Å². The van der Waals surface area contributed by atoms with E-state index in [0.29, 0.717) is 23.9 Å². The fourth-order valence-electron chi connectivity index (χ4n) is 1.67. The number of hydrogen-bond acceptors (Lipinski definition) is 6. The number of aromatic nitrogens is 5.